The Balaban J connectivity index is 1.38. The van der Waals surface area contributed by atoms with E-state index < -0.39 is 0 Å². The molecule has 1 aliphatic carbocycles. The molecule has 6 aromatic carbocycles. The summed E-state index contributed by atoms with van der Waals surface area (Å²) < 4.78 is 4.85. The number of hydrogen-bond acceptors (Lipinski definition) is 0. The van der Waals surface area contributed by atoms with Crippen molar-refractivity contribution in [3.8, 4) is 22.5 Å². The second kappa shape index (κ2) is 7.99. The van der Waals surface area contributed by atoms with Crippen molar-refractivity contribution < 1.29 is 0 Å². The summed E-state index contributed by atoms with van der Waals surface area (Å²) >= 11 is 0. The normalized spacial score (nSPS) is 13.8. The molecule has 0 radical (unpaired) electrons. The van der Waals surface area contributed by atoms with Gasteiger partial charge >= 0.3 is 0 Å². The predicted molar refractivity (Wildman–Crippen MR) is 173 cm³/mol. The van der Waals surface area contributed by atoms with E-state index in [0.29, 0.717) is 0 Å². The lowest BCUT2D eigenvalue weighted by molar-refractivity contribution is 0.661. The minimum absolute atomic E-state index is 0.0263. The Bertz CT molecular complexity index is 2330. The van der Waals surface area contributed by atoms with Gasteiger partial charge < -0.3 is 9.13 Å². The van der Waals surface area contributed by atoms with Crippen molar-refractivity contribution in [2.75, 3.05) is 0 Å². The molecule has 0 unspecified atom stereocenters. The van der Waals surface area contributed by atoms with Gasteiger partial charge in [-0.15, -0.1) is 0 Å². The lowest BCUT2D eigenvalue weighted by Crippen LogP contribution is -2.14. The van der Waals surface area contributed by atoms with Crippen LogP contribution >= 0.6 is 0 Å². The van der Waals surface area contributed by atoms with Crippen LogP contribution in [0.25, 0.3) is 66.1 Å². The smallest absolute Gasteiger partial charge is 0.0547 e. The van der Waals surface area contributed by atoms with Crippen LogP contribution in [-0.2, 0) is 5.41 Å². The highest BCUT2D eigenvalue weighted by Crippen LogP contribution is 2.53. The summed E-state index contributed by atoms with van der Waals surface area (Å²) in [6.45, 7) is 4.72. The first-order chi connectivity index (χ1) is 20.1. The number of nitrogens with zero attached hydrogens (tertiary/aromatic N) is 2. The molecule has 0 atom stereocenters. The molecule has 9 rings (SSSR count). The zero-order valence-electron chi connectivity index (χ0n) is 23.1. The molecule has 8 aromatic rings. The van der Waals surface area contributed by atoms with Crippen LogP contribution in [0.2, 0.25) is 0 Å². The van der Waals surface area contributed by atoms with E-state index in [1.54, 1.807) is 0 Å². The van der Waals surface area contributed by atoms with Gasteiger partial charge in [0.1, 0.15) is 0 Å². The van der Waals surface area contributed by atoms with Crippen molar-refractivity contribution in [1.82, 2.24) is 9.13 Å². The van der Waals surface area contributed by atoms with E-state index in [4.69, 9.17) is 0 Å². The van der Waals surface area contributed by atoms with Crippen LogP contribution in [0.3, 0.4) is 0 Å². The van der Waals surface area contributed by atoms with Crippen LogP contribution in [0.1, 0.15) is 25.0 Å². The summed E-state index contributed by atoms with van der Waals surface area (Å²) in [6.07, 6.45) is 0. The zero-order valence-corrected chi connectivity index (χ0v) is 23.1. The number of fused-ring (bicyclic) bond motifs is 10. The topological polar surface area (TPSA) is 9.86 Å². The third-order valence-corrected chi connectivity index (χ3v) is 9.31. The molecule has 0 fully saturated rings. The lowest BCUT2D eigenvalue weighted by Gasteiger charge is -2.21. The maximum absolute atomic E-state index is 2.47. The number of benzene rings is 6. The molecule has 2 heteroatoms. The molecule has 0 bridgehead atoms. The molecule has 41 heavy (non-hydrogen) atoms. The van der Waals surface area contributed by atoms with Gasteiger partial charge in [0.25, 0.3) is 0 Å². The molecule has 2 heterocycles. The average molecular weight is 525 g/mol. The first-order valence-corrected chi connectivity index (χ1v) is 14.4. The molecule has 0 saturated heterocycles. The summed E-state index contributed by atoms with van der Waals surface area (Å²) in [5.41, 5.74) is 12.9. The molecule has 2 aromatic heterocycles. The monoisotopic (exact) mass is 524 g/mol. The van der Waals surface area contributed by atoms with E-state index in [-0.39, 0.29) is 5.41 Å². The van der Waals surface area contributed by atoms with Gasteiger partial charge in [0.15, 0.2) is 0 Å². The van der Waals surface area contributed by atoms with Crippen molar-refractivity contribution in [3.63, 3.8) is 0 Å². The number of aromatic nitrogens is 2. The van der Waals surface area contributed by atoms with Crippen molar-refractivity contribution >= 4 is 43.6 Å². The Morgan fingerprint density at radius 1 is 0.439 bits per heavy atom. The van der Waals surface area contributed by atoms with Crippen molar-refractivity contribution in [3.05, 3.63) is 145 Å². The molecule has 0 saturated carbocycles. The zero-order chi connectivity index (χ0) is 27.3. The minimum atomic E-state index is -0.0263. The second-order valence-corrected chi connectivity index (χ2v) is 11.8. The molecular formula is C39H28N2. The molecule has 2 nitrogen and oxygen atoms in total. The highest BCUT2D eigenvalue weighted by atomic mass is 15.0. The van der Waals surface area contributed by atoms with Gasteiger partial charge in [-0.25, -0.2) is 0 Å². The van der Waals surface area contributed by atoms with E-state index in [0.717, 1.165) is 0 Å². The standard InChI is InChI=1S/C39H28N2/c1-39(2)31-17-9-6-15-28(31)37-32(39)21-23-36-38(37)29-16-8-11-19-34(29)41(36)26-20-22-35-30(24-26)27-14-7-10-18-33(27)40(35)25-12-4-3-5-13-25/h3-24H,1-2H3. The molecule has 0 amide bonds. The fraction of sp³-hybridized carbons (Fsp3) is 0.0769. The van der Waals surface area contributed by atoms with Crippen molar-refractivity contribution in [2.24, 2.45) is 0 Å². The molecule has 1 aliphatic rings. The van der Waals surface area contributed by atoms with Crippen LogP contribution in [-0.4, -0.2) is 9.13 Å². The SMILES string of the molecule is CC1(C)c2ccccc2-c2c1ccc1c2c2ccccc2n1-c1ccc2c(c1)c1ccccc1n2-c1ccccc1. The van der Waals surface area contributed by atoms with Crippen LogP contribution in [0.15, 0.2) is 133 Å². The van der Waals surface area contributed by atoms with E-state index in [2.05, 4.69) is 156 Å². The summed E-state index contributed by atoms with van der Waals surface area (Å²) in [6, 6.07) is 49.0. The summed E-state index contributed by atoms with van der Waals surface area (Å²) in [4.78, 5) is 0. The number of rotatable bonds is 2. The van der Waals surface area contributed by atoms with E-state index in [1.165, 1.54) is 77.2 Å². The maximum atomic E-state index is 2.47. The lowest BCUT2D eigenvalue weighted by atomic mass is 9.82. The number of para-hydroxylation sites is 3. The molecule has 0 N–H and O–H groups in total. The Hall–Kier alpha value is -5.08. The van der Waals surface area contributed by atoms with Gasteiger partial charge in [-0.2, -0.15) is 0 Å². The molecular weight excluding hydrogens is 496 g/mol. The van der Waals surface area contributed by atoms with Gasteiger partial charge in [0.05, 0.1) is 22.1 Å². The first-order valence-electron chi connectivity index (χ1n) is 14.4. The molecule has 0 aliphatic heterocycles. The van der Waals surface area contributed by atoms with Gasteiger partial charge in [0.2, 0.25) is 0 Å². The van der Waals surface area contributed by atoms with Gasteiger partial charge in [0, 0.05) is 38.3 Å². The Kier molecular flexibility index (Phi) is 4.42. The van der Waals surface area contributed by atoms with Crippen LogP contribution < -0.4 is 0 Å². The van der Waals surface area contributed by atoms with E-state index in [1.807, 2.05) is 0 Å². The second-order valence-electron chi connectivity index (χ2n) is 11.8. The molecule has 194 valence electrons. The highest BCUT2D eigenvalue weighted by molar-refractivity contribution is 6.18. The fourth-order valence-electron chi connectivity index (χ4n) is 7.49. The highest BCUT2D eigenvalue weighted by Gasteiger charge is 2.37. The Morgan fingerprint density at radius 3 is 1.88 bits per heavy atom. The Labute approximate surface area is 238 Å². The quantitative estimate of drug-likeness (QED) is 0.213. The largest absolute Gasteiger partial charge is 0.309 e. The van der Waals surface area contributed by atoms with Gasteiger partial charge in [-0.1, -0.05) is 98.8 Å². The third kappa shape index (κ3) is 2.92. The fourth-order valence-corrected chi connectivity index (χ4v) is 7.49. The minimum Gasteiger partial charge on any atom is -0.309 e. The van der Waals surface area contributed by atoms with Crippen LogP contribution in [0.5, 0.6) is 0 Å². The van der Waals surface area contributed by atoms with Crippen molar-refractivity contribution in [2.45, 2.75) is 19.3 Å². The van der Waals surface area contributed by atoms with Crippen LogP contribution in [0.4, 0.5) is 0 Å². The van der Waals surface area contributed by atoms with Crippen LogP contribution in [0, 0.1) is 0 Å². The summed E-state index contributed by atoms with van der Waals surface area (Å²) in [7, 11) is 0. The predicted octanol–water partition coefficient (Wildman–Crippen LogP) is 10.2. The van der Waals surface area contributed by atoms with E-state index >= 15 is 0 Å². The van der Waals surface area contributed by atoms with Gasteiger partial charge in [-0.05, 0) is 70.8 Å². The van der Waals surface area contributed by atoms with Gasteiger partial charge in [-0.3, -0.25) is 0 Å². The third-order valence-electron chi connectivity index (χ3n) is 9.31. The number of hydrogen-bond donors (Lipinski definition) is 0. The Morgan fingerprint density at radius 2 is 1.05 bits per heavy atom. The summed E-state index contributed by atoms with van der Waals surface area (Å²) in [5, 5.41) is 5.19. The average Bonchev–Trinajstić information content (AvgIpc) is 3.61. The maximum Gasteiger partial charge on any atom is 0.0547 e. The first kappa shape index (κ1) is 22.7. The molecule has 0 spiro atoms. The van der Waals surface area contributed by atoms with E-state index in [9.17, 15) is 0 Å². The summed E-state index contributed by atoms with van der Waals surface area (Å²) in [5.74, 6) is 0. The van der Waals surface area contributed by atoms with Crippen molar-refractivity contribution in [1.29, 1.82) is 0 Å².